The molecule has 0 atom stereocenters. The summed E-state index contributed by atoms with van der Waals surface area (Å²) in [6.45, 7) is 2.85. The Hall–Kier alpha value is -0.330. The Balaban J connectivity index is 2.85. The molecule has 0 spiro atoms. The molecule has 1 aromatic carbocycles. The van der Waals surface area contributed by atoms with E-state index in [0.29, 0.717) is 28.6 Å². The van der Waals surface area contributed by atoms with E-state index in [1.807, 2.05) is 7.05 Å². The number of hydrogen-bond donors (Lipinski definition) is 2. The minimum absolute atomic E-state index is 0.0903. The lowest BCUT2D eigenvalue weighted by Crippen LogP contribution is -2.26. The van der Waals surface area contributed by atoms with Crippen LogP contribution in [0.4, 0.5) is 0 Å². The lowest BCUT2D eigenvalue weighted by Gasteiger charge is -2.09. The maximum absolute atomic E-state index is 12.0. The fraction of sp³-hybridized carbons (Fsp3) is 0.455. The van der Waals surface area contributed by atoms with Crippen molar-refractivity contribution in [3.05, 3.63) is 27.7 Å². The molecule has 0 aliphatic carbocycles. The van der Waals surface area contributed by atoms with E-state index in [1.54, 1.807) is 6.92 Å². The average molecular weight is 311 g/mol. The van der Waals surface area contributed by atoms with Crippen LogP contribution in [0.2, 0.25) is 10.0 Å². The molecule has 0 aliphatic heterocycles. The molecule has 1 rings (SSSR count). The molecule has 102 valence electrons. The molecule has 0 saturated carbocycles. The summed E-state index contributed by atoms with van der Waals surface area (Å²) in [7, 11) is -1.74. The Morgan fingerprint density at radius 3 is 2.22 bits per heavy atom. The molecular formula is C11H16Cl2N2O2S. The van der Waals surface area contributed by atoms with Gasteiger partial charge in [0.2, 0.25) is 10.0 Å². The maximum atomic E-state index is 12.0. The molecule has 18 heavy (non-hydrogen) atoms. The fourth-order valence-corrected chi connectivity index (χ4v) is 3.07. The van der Waals surface area contributed by atoms with Gasteiger partial charge in [-0.2, -0.15) is 0 Å². The van der Waals surface area contributed by atoms with Gasteiger partial charge in [0.15, 0.2) is 0 Å². The van der Waals surface area contributed by atoms with Gasteiger partial charge in [-0.1, -0.05) is 23.2 Å². The zero-order valence-corrected chi connectivity index (χ0v) is 12.6. The van der Waals surface area contributed by atoms with Gasteiger partial charge in [-0.3, -0.25) is 0 Å². The monoisotopic (exact) mass is 310 g/mol. The lowest BCUT2D eigenvalue weighted by molar-refractivity contribution is 0.577. The third-order valence-corrected chi connectivity index (χ3v) is 4.69. The van der Waals surface area contributed by atoms with Gasteiger partial charge in [0, 0.05) is 16.6 Å². The van der Waals surface area contributed by atoms with Crippen LogP contribution in [-0.4, -0.2) is 28.6 Å². The molecule has 0 radical (unpaired) electrons. The van der Waals surface area contributed by atoms with Crippen molar-refractivity contribution in [3.63, 3.8) is 0 Å². The van der Waals surface area contributed by atoms with Crippen molar-refractivity contribution in [2.45, 2.75) is 18.2 Å². The van der Waals surface area contributed by atoms with E-state index in [-0.39, 0.29) is 4.90 Å². The van der Waals surface area contributed by atoms with Gasteiger partial charge in [-0.05, 0) is 44.6 Å². The molecule has 0 aliphatic rings. The molecule has 0 fully saturated rings. The van der Waals surface area contributed by atoms with Crippen molar-refractivity contribution in [1.29, 1.82) is 0 Å². The van der Waals surface area contributed by atoms with E-state index in [4.69, 9.17) is 23.2 Å². The van der Waals surface area contributed by atoms with Crippen LogP contribution in [0.25, 0.3) is 0 Å². The molecule has 2 N–H and O–H groups in total. The third kappa shape index (κ3) is 4.10. The van der Waals surface area contributed by atoms with Crippen molar-refractivity contribution in [3.8, 4) is 0 Å². The second-order valence-corrected chi connectivity index (χ2v) is 6.45. The van der Waals surface area contributed by atoms with E-state index in [9.17, 15) is 8.42 Å². The number of halogens is 2. The highest BCUT2D eigenvalue weighted by Crippen LogP contribution is 2.27. The van der Waals surface area contributed by atoms with Crippen LogP contribution < -0.4 is 10.0 Å². The lowest BCUT2D eigenvalue weighted by atomic mass is 10.2. The molecule has 7 heteroatoms. The first kappa shape index (κ1) is 15.7. The summed E-state index contributed by atoms with van der Waals surface area (Å²) < 4.78 is 26.4. The molecule has 0 amide bonds. The Morgan fingerprint density at radius 1 is 1.17 bits per heavy atom. The van der Waals surface area contributed by atoms with Crippen LogP contribution in [-0.2, 0) is 10.0 Å². The second kappa shape index (κ2) is 6.73. The molecule has 0 unspecified atom stereocenters. The zero-order valence-electron chi connectivity index (χ0n) is 10.3. The van der Waals surface area contributed by atoms with Crippen LogP contribution in [0, 0.1) is 6.92 Å². The number of hydrogen-bond acceptors (Lipinski definition) is 3. The molecule has 0 bridgehead atoms. The van der Waals surface area contributed by atoms with Crippen LogP contribution in [0.1, 0.15) is 12.0 Å². The normalized spacial score (nSPS) is 11.8. The first-order valence-electron chi connectivity index (χ1n) is 5.48. The minimum Gasteiger partial charge on any atom is -0.320 e. The summed E-state index contributed by atoms with van der Waals surface area (Å²) in [6, 6.07) is 2.81. The molecule has 0 saturated heterocycles. The maximum Gasteiger partial charge on any atom is 0.240 e. The van der Waals surface area contributed by atoms with E-state index < -0.39 is 10.0 Å². The van der Waals surface area contributed by atoms with Gasteiger partial charge in [-0.25, -0.2) is 13.1 Å². The molecular weight excluding hydrogens is 295 g/mol. The Kier molecular flexibility index (Phi) is 5.88. The summed E-state index contributed by atoms with van der Waals surface area (Å²) in [5.41, 5.74) is 0.674. The summed E-state index contributed by atoms with van der Waals surface area (Å²) >= 11 is 11.8. The second-order valence-electron chi connectivity index (χ2n) is 3.87. The van der Waals surface area contributed by atoms with Crippen molar-refractivity contribution < 1.29 is 8.42 Å². The Labute approximate surface area is 118 Å². The molecule has 0 aromatic heterocycles. The van der Waals surface area contributed by atoms with Crippen LogP contribution >= 0.6 is 23.2 Å². The zero-order chi connectivity index (χ0) is 13.8. The van der Waals surface area contributed by atoms with Gasteiger partial charge in [0.05, 0.1) is 4.90 Å². The fourth-order valence-electron chi connectivity index (χ4n) is 1.33. The van der Waals surface area contributed by atoms with E-state index in [1.165, 1.54) is 12.1 Å². The van der Waals surface area contributed by atoms with Crippen molar-refractivity contribution in [2.75, 3.05) is 20.1 Å². The quantitative estimate of drug-likeness (QED) is 0.792. The highest BCUT2D eigenvalue weighted by molar-refractivity contribution is 7.89. The first-order chi connectivity index (χ1) is 8.38. The van der Waals surface area contributed by atoms with Gasteiger partial charge >= 0.3 is 0 Å². The summed E-state index contributed by atoms with van der Waals surface area (Å²) in [5.74, 6) is 0. The largest absolute Gasteiger partial charge is 0.320 e. The molecule has 4 nitrogen and oxygen atoms in total. The highest BCUT2D eigenvalue weighted by Gasteiger charge is 2.16. The van der Waals surface area contributed by atoms with Crippen molar-refractivity contribution in [2.24, 2.45) is 0 Å². The molecule has 0 heterocycles. The summed E-state index contributed by atoms with van der Waals surface area (Å²) in [5, 5.41) is 3.63. The average Bonchev–Trinajstić information content (AvgIpc) is 2.31. The summed E-state index contributed by atoms with van der Waals surface area (Å²) in [6.07, 6.45) is 0.711. The van der Waals surface area contributed by atoms with Crippen LogP contribution in [0.15, 0.2) is 17.0 Å². The van der Waals surface area contributed by atoms with Gasteiger partial charge < -0.3 is 5.32 Å². The minimum atomic E-state index is -3.55. The number of benzene rings is 1. The van der Waals surface area contributed by atoms with E-state index >= 15 is 0 Å². The van der Waals surface area contributed by atoms with Gasteiger partial charge in [-0.15, -0.1) is 0 Å². The molecule has 1 aromatic rings. The van der Waals surface area contributed by atoms with Crippen molar-refractivity contribution in [1.82, 2.24) is 10.0 Å². The topological polar surface area (TPSA) is 58.2 Å². The Bertz CT molecular complexity index is 495. The SMILES string of the molecule is CNCCCNS(=O)(=O)c1cc(Cl)c(C)c(Cl)c1. The standard InChI is InChI=1S/C11H16Cl2N2O2S/c1-8-10(12)6-9(7-11(8)13)18(16,17)15-5-3-4-14-2/h6-7,14-15H,3-5H2,1-2H3. The van der Waals surface area contributed by atoms with E-state index in [2.05, 4.69) is 10.0 Å². The van der Waals surface area contributed by atoms with Crippen LogP contribution in [0.3, 0.4) is 0 Å². The first-order valence-corrected chi connectivity index (χ1v) is 7.72. The third-order valence-electron chi connectivity index (χ3n) is 2.46. The number of nitrogens with one attached hydrogen (secondary N) is 2. The number of sulfonamides is 1. The van der Waals surface area contributed by atoms with Gasteiger partial charge in [0.25, 0.3) is 0 Å². The van der Waals surface area contributed by atoms with E-state index in [0.717, 1.165) is 6.54 Å². The number of rotatable bonds is 6. The van der Waals surface area contributed by atoms with Crippen LogP contribution in [0.5, 0.6) is 0 Å². The van der Waals surface area contributed by atoms with Gasteiger partial charge in [0.1, 0.15) is 0 Å². The highest BCUT2D eigenvalue weighted by atomic mass is 35.5. The summed E-state index contributed by atoms with van der Waals surface area (Å²) in [4.78, 5) is 0.0903. The predicted molar refractivity (Wildman–Crippen MR) is 74.9 cm³/mol. The Morgan fingerprint density at radius 2 is 1.72 bits per heavy atom. The van der Waals surface area contributed by atoms with Crippen molar-refractivity contribution >= 4 is 33.2 Å². The predicted octanol–water partition coefficient (Wildman–Crippen LogP) is 2.19. The smallest absolute Gasteiger partial charge is 0.240 e.